The molecule has 0 fully saturated rings. The third kappa shape index (κ3) is 6.07. The van der Waals surface area contributed by atoms with Gasteiger partial charge in [-0.15, -0.1) is 0 Å². The van der Waals surface area contributed by atoms with Gasteiger partial charge in [-0.25, -0.2) is 0 Å². The average Bonchev–Trinajstić information content (AvgIpc) is 2.44. The van der Waals surface area contributed by atoms with E-state index in [0.717, 1.165) is 11.0 Å². The molecule has 0 bridgehead atoms. The quantitative estimate of drug-likeness (QED) is 0.434. The summed E-state index contributed by atoms with van der Waals surface area (Å²) in [6.07, 6.45) is 1.35. The Labute approximate surface area is 169 Å². The summed E-state index contributed by atoms with van der Waals surface area (Å²) in [6, 6.07) is 11.8. The van der Waals surface area contributed by atoms with Crippen LogP contribution in [0.3, 0.4) is 0 Å². The maximum Gasteiger partial charge on any atom is 1.00 e. The summed E-state index contributed by atoms with van der Waals surface area (Å²) in [7, 11) is -4.02. The van der Waals surface area contributed by atoms with Gasteiger partial charge in [-0.3, -0.25) is 0 Å². The molecule has 0 saturated carbocycles. The van der Waals surface area contributed by atoms with Crippen LogP contribution in [0.4, 0.5) is 0 Å². The van der Waals surface area contributed by atoms with Crippen molar-refractivity contribution in [3.63, 3.8) is 0 Å². The number of nitrogens with zero attached hydrogens (tertiary/aromatic N) is 1. The van der Waals surface area contributed by atoms with Gasteiger partial charge in [0.1, 0.15) is 0 Å². The molecule has 4 nitrogen and oxygen atoms in total. The van der Waals surface area contributed by atoms with Crippen molar-refractivity contribution < 1.29 is 43.1 Å². The molecule has 0 aromatic heterocycles. The zero-order valence-corrected chi connectivity index (χ0v) is 17.2. The molecule has 0 radical (unpaired) electrons. The first-order valence-electron chi connectivity index (χ1n) is 6.80. The molecule has 120 valence electrons. The van der Waals surface area contributed by atoms with Crippen molar-refractivity contribution in [3.8, 4) is 0 Å². The predicted molar refractivity (Wildman–Crippen MR) is 91.9 cm³/mol. The molecule has 0 spiro atoms. The molecule has 0 aliphatic heterocycles. The number of hydrogen-bond acceptors (Lipinski definition) is 3. The van der Waals surface area contributed by atoms with E-state index in [1.54, 1.807) is 49.4 Å². The number of rotatable bonds is 4. The van der Waals surface area contributed by atoms with E-state index < -0.39 is 15.9 Å². The van der Waals surface area contributed by atoms with Crippen LogP contribution in [0.15, 0.2) is 52.3 Å². The Kier molecular flexibility index (Phi) is 7.70. The molecule has 0 heterocycles. The minimum absolute atomic E-state index is 0. The van der Waals surface area contributed by atoms with E-state index in [1.807, 2.05) is 6.92 Å². The number of halogens is 1. The predicted octanol–water partition coefficient (Wildman–Crippen LogP) is 0.0684. The van der Waals surface area contributed by atoms with E-state index in [1.165, 1.54) is 6.08 Å². The molecular formula is C17H15ClNNaO3S. The second-order valence-corrected chi connectivity index (χ2v) is 7.01. The van der Waals surface area contributed by atoms with Gasteiger partial charge in [0, 0.05) is 10.9 Å². The molecule has 0 aliphatic carbocycles. The van der Waals surface area contributed by atoms with Gasteiger partial charge in [0.2, 0.25) is 0 Å². The van der Waals surface area contributed by atoms with Crippen molar-refractivity contribution in [2.45, 2.75) is 13.8 Å². The van der Waals surface area contributed by atoms with Crippen LogP contribution in [0.25, 0.3) is 6.08 Å². The Bertz CT molecular complexity index is 892. The second-order valence-electron chi connectivity index (χ2n) is 5.09. The third-order valence-corrected chi connectivity index (χ3v) is 4.24. The number of benzene rings is 2. The van der Waals surface area contributed by atoms with E-state index in [4.69, 9.17) is 11.6 Å². The first-order valence-corrected chi connectivity index (χ1v) is 8.68. The molecule has 0 atom stereocenters. The smallest absolute Gasteiger partial charge is 0.858 e. The van der Waals surface area contributed by atoms with Gasteiger partial charge >= 0.3 is 29.6 Å². The normalized spacial score (nSPS) is 12.2. The molecular weight excluding hydrogens is 357 g/mol. The summed E-state index contributed by atoms with van der Waals surface area (Å²) >= 11 is 5.83. The Morgan fingerprint density at radius 2 is 1.88 bits per heavy atom. The molecule has 0 amide bonds. The molecule has 2 aromatic carbocycles. The molecule has 2 rings (SSSR count). The second kappa shape index (κ2) is 8.83. The van der Waals surface area contributed by atoms with Crippen LogP contribution in [-0.4, -0.2) is 14.3 Å². The van der Waals surface area contributed by atoms with Crippen LogP contribution in [0.2, 0.25) is 5.02 Å². The van der Waals surface area contributed by atoms with Crippen LogP contribution >= 0.6 is 11.6 Å². The van der Waals surface area contributed by atoms with Gasteiger partial charge in [-0.2, -0.15) is 12.8 Å². The molecule has 24 heavy (non-hydrogen) atoms. The van der Waals surface area contributed by atoms with Crippen molar-refractivity contribution >= 4 is 33.6 Å². The van der Waals surface area contributed by atoms with Crippen LogP contribution in [0.1, 0.15) is 22.3 Å². The van der Waals surface area contributed by atoms with Crippen molar-refractivity contribution in [3.05, 3.63) is 75.1 Å². The zero-order chi connectivity index (χ0) is 17.0. The molecule has 7 heteroatoms. The van der Waals surface area contributed by atoms with Crippen molar-refractivity contribution in [1.82, 2.24) is 0 Å². The Hall–Kier alpha value is -1.11. The maximum atomic E-state index is 12.1. The number of aryl methyl sites for hydroxylation is 2. The fourth-order valence-corrected chi connectivity index (χ4v) is 2.94. The summed E-state index contributed by atoms with van der Waals surface area (Å²) in [4.78, 5) is 0. The summed E-state index contributed by atoms with van der Waals surface area (Å²) in [5, 5.41) is 13.4. The fraction of sp³-hybridized carbons (Fsp3) is 0.118. The minimum atomic E-state index is -4.02. The van der Waals surface area contributed by atoms with Crippen LogP contribution in [0, 0.1) is 13.8 Å². The minimum Gasteiger partial charge on any atom is -0.858 e. The molecule has 0 saturated heterocycles. The summed E-state index contributed by atoms with van der Waals surface area (Å²) < 4.78 is 27.2. The van der Waals surface area contributed by atoms with Crippen molar-refractivity contribution in [2.24, 2.45) is 4.40 Å². The van der Waals surface area contributed by atoms with E-state index in [-0.39, 0.29) is 35.1 Å². The van der Waals surface area contributed by atoms with Crippen molar-refractivity contribution in [1.29, 1.82) is 0 Å². The van der Waals surface area contributed by atoms with Gasteiger partial charge in [-0.05, 0) is 48.7 Å². The van der Waals surface area contributed by atoms with Gasteiger partial charge in [-0.1, -0.05) is 47.5 Å². The Balaban J connectivity index is 0.00000288. The molecule has 0 unspecified atom stereocenters. The Morgan fingerprint density at radius 1 is 1.17 bits per heavy atom. The van der Waals surface area contributed by atoms with Crippen molar-refractivity contribution in [2.75, 3.05) is 0 Å². The van der Waals surface area contributed by atoms with Crippen LogP contribution < -0.4 is 34.7 Å². The van der Waals surface area contributed by atoms with E-state index in [0.29, 0.717) is 16.1 Å². The van der Waals surface area contributed by atoms with Crippen LogP contribution in [0.5, 0.6) is 0 Å². The zero-order valence-electron chi connectivity index (χ0n) is 13.7. The topological polar surface area (TPSA) is 69.6 Å². The maximum absolute atomic E-state index is 12.1. The molecule has 0 N–H and O–H groups in total. The van der Waals surface area contributed by atoms with Gasteiger partial charge in [0.25, 0.3) is 10.0 Å². The van der Waals surface area contributed by atoms with Gasteiger partial charge in [0.05, 0.1) is 5.41 Å². The Morgan fingerprint density at radius 3 is 2.50 bits per heavy atom. The average molecular weight is 372 g/mol. The summed E-state index contributed by atoms with van der Waals surface area (Å²) in [6.45, 7) is 3.63. The van der Waals surface area contributed by atoms with Gasteiger partial charge < -0.3 is 5.11 Å². The standard InChI is InChI=1S/C17H16ClNO3S.Na/c1-12-6-7-16(13(2)10-12)17(20)19-23(21,22)9-8-14-4-3-5-15(18)11-14;/h3-11H,1-2H3,(H,19,20);/q;+1/p-1/b9-8+;. The first-order chi connectivity index (χ1) is 10.8. The first kappa shape index (κ1) is 20.9. The van der Waals surface area contributed by atoms with E-state index in [9.17, 15) is 13.5 Å². The van der Waals surface area contributed by atoms with Gasteiger partial charge in [0.15, 0.2) is 0 Å². The van der Waals surface area contributed by atoms with E-state index >= 15 is 0 Å². The number of sulfonamides is 1. The van der Waals surface area contributed by atoms with Crippen LogP contribution in [-0.2, 0) is 10.0 Å². The van der Waals surface area contributed by atoms with E-state index in [2.05, 4.69) is 4.40 Å². The largest absolute Gasteiger partial charge is 1.00 e. The molecule has 2 aromatic rings. The summed E-state index contributed by atoms with van der Waals surface area (Å²) in [5.41, 5.74) is 2.56. The third-order valence-electron chi connectivity index (χ3n) is 3.10. The fourth-order valence-electron chi connectivity index (χ4n) is 2.02. The molecule has 0 aliphatic rings. The monoisotopic (exact) mass is 371 g/mol. The summed E-state index contributed by atoms with van der Waals surface area (Å²) in [5.74, 6) is -0.779. The number of hydrogen-bond donors (Lipinski definition) is 0. The SMILES string of the molecule is Cc1ccc(/C([O-])=N/S(=O)(=O)/C=C/c2cccc(Cl)c2)c(C)c1.[Na+].